The molecule has 0 aromatic heterocycles. The molecule has 0 rings (SSSR count). The Morgan fingerprint density at radius 3 is 2.36 bits per heavy atom. The first-order valence-electron chi connectivity index (χ1n) is 2.84. The quantitative estimate of drug-likeness (QED) is 0.441. The maximum atomic E-state index is 10.9. The van der Waals surface area contributed by atoms with Crippen molar-refractivity contribution in [1.82, 2.24) is 0 Å². The molecule has 1 unspecified atom stereocenters. The number of alkyl halides is 2. The molecule has 0 fully saturated rings. The summed E-state index contributed by atoms with van der Waals surface area (Å²) in [7, 11) is 0. The third kappa shape index (κ3) is 3.79. The molecular weight excluding hydrogens is 278 g/mol. The molecular formula is C6H7Br2NO2. The minimum Gasteiger partial charge on any atom is -0.270 e. The molecule has 0 spiro atoms. The van der Waals surface area contributed by atoms with Gasteiger partial charge in [-0.3, -0.25) is 4.79 Å². The van der Waals surface area contributed by atoms with Gasteiger partial charge >= 0.3 is 0 Å². The van der Waals surface area contributed by atoms with Crippen LogP contribution in [0.2, 0.25) is 0 Å². The minimum atomic E-state index is -0.526. The monoisotopic (exact) mass is 283 g/mol. The maximum Gasteiger partial charge on any atom is 0.271 e. The molecule has 5 heteroatoms. The first-order chi connectivity index (χ1) is 4.89. The van der Waals surface area contributed by atoms with Crippen molar-refractivity contribution < 1.29 is 9.59 Å². The van der Waals surface area contributed by atoms with Gasteiger partial charge in [0.1, 0.15) is 4.83 Å². The van der Waals surface area contributed by atoms with E-state index >= 15 is 0 Å². The summed E-state index contributed by atoms with van der Waals surface area (Å²) in [5.41, 5.74) is 0. The second kappa shape index (κ2) is 4.14. The van der Waals surface area contributed by atoms with Crippen LogP contribution < -0.4 is 0 Å². The van der Waals surface area contributed by atoms with Gasteiger partial charge in [0.25, 0.3) is 5.91 Å². The maximum absolute atomic E-state index is 10.9. The lowest BCUT2D eigenvalue weighted by Gasteiger charge is -2.19. The number of hydrogen-bond donors (Lipinski definition) is 0. The van der Waals surface area contributed by atoms with Crippen LogP contribution in [0, 0.1) is 0 Å². The highest BCUT2D eigenvalue weighted by atomic mass is 79.9. The molecule has 0 saturated heterocycles. The van der Waals surface area contributed by atoms with Gasteiger partial charge in [-0.15, -0.1) is 4.99 Å². The van der Waals surface area contributed by atoms with Gasteiger partial charge in [-0.2, -0.15) is 0 Å². The molecule has 0 N–H and O–H groups in total. The van der Waals surface area contributed by atoms with Gasteiger partial charge in [0, 0.05) is 4.32 Å². The average molecular weight is 285 g/mol. The fourth-order valence-corrected chi connectivity index (χ4v) is 0.693. The summed E-state index contributed by atoms with van der Waals surface area (Å²) in [5, 5.41) is 0. The van der Waals surface area contributed by atoms with Crippen molar-refractivity contribution in [1.29, 1.82) is 0 Å². The summed E-state index contributed by atoms with van der Waals surface area (Å²) < 4.78 is -0.412. The Hall–Kier alpha value is 0.01000. The molecule has 0 heterocycles. The third-order valence-electron chi connectivity index (χ3n) is 0.975. The van der Waals surface area contributed by atoms with Crippen molar-refractivity contribution in [3.8, 4) is 0 Å². The standard InChI is InChI=1S/C6H7Br2NO2/c1-6(2,8)4(7)5(11)9-3-10/h4H,1-2H3. The van der Waals surface area contributed by atoms with Crippen LogP contribution >= 0.6 is 31.9 Å². The number of carbonyl (C=O) groups is 1. The Morgan fingerprint density at radius 2 is 2.09 bits per heavy atom. The summed E-state index contributed by atoms with van der Waals surface area (Å²) in [6.45, 7) is 3.59. The molecule has 0 radical (unpaired) electrons. The van der Waals surface area contributed by atoms with E-state index in [1.165, 1.54) is 6.08 Å². The van der Waals surface area contributed by atoms with E-state index in [-0.39, 0.29) is 0 Å². The number of hydrogen-bond acceptors (Lipinski definition) is 2. The Balaban J connectivity index is 4.37. The number of rotatable bonds is 2. The van der Waals surface area contributed by atoms with Crippen LogP contribution in [0.1, 0.15) is 13.8 Å². The zero-order valence-corrected chi connectivity index (χ0v) is 9.27. The largest absolute Gasteiger partial charge is 0.271 e. The van der Waals surface area contributed by atoms with Gasteiger partial charge in [0.2, 0.25) is 6.08 Å². The molecule has 1 atom stereocenters. The SMILES string of the molecule is CC(C)(Br)C(Br)C(=O)N=C=O. The molecule has 11 heavy (non-hydrogen) atoms. The lowest BCUT2D eigenvalue weighted by molar-refractivity contribution is -0.117. The van der Waals surface area contributed by atoms with Crippen LogP contribution in [0.5, 0.6) is 0 Å². The Labute approximate surface area is 81.5 Å². The molecule has 0 aliphatic rings. The third-order valence-corrected chi connectivity index (χ3v) is 3.58. The van der Waals surface area contributed by atoms with E-state index in [1.54, 1.807) is 13.8 Å². The number of amides is 1. The van der Waals surface area contributed by atoms with Gasteiger partial charge in [-0.05, 0) is 13.8 Å². The highest BCUT2D eigenvalue weighted by Gasteiger charge is 2.30. The highest BCUT2D eigenvalue weighted by Crippen LogP contribution is 2.27. The summed E-state index contributed by atoms with van der Waals surface area (Å²) in [6, 6.07) is 0. The zero-order chi connectivity index (χ0) is 9.07. The van der Waals surface area contributed by atoms with E-state index in [9.17, 15) is 9.59 Å². The number of nitrogens with zero attached hydrogens (tertiary/aromatic N) is 1. The van der Waals surface area contributed by atoms with Crippen molar-refractivity contribution in [2.24, 2.45) is 4.99 Å². The predicted molar refractivity (Wildman–Crippen MR) is 48.8 cm³/mol. The number of isocyanates is 1. The lowest BCUT2D eigenvalue weighted by Crippen LogP contribution is -2.30. The van der Waals surface area contributed by atoms with E-state index in [1.807, 2.05) is 0 Å². The normalized spacial score (nSPS) is 13.5. The number of aliphatic imine (C=N–C) groups is 1. The molecule has 1 amide bonds. The van der Waals surface area contributed by atoms with Crippen LogP contribution in [-0.2, 0) is 9.59 Å². The van der Waals surface area contributed by atoms with Gasteiger partial charge in [-0.25, -0.2) is 4.79 Å². The Kier molecular flexibility index (Phi) is 4.14. The van der Waals surface area contributed by atoms with Gasteiger partial charge < -0.3 is 0 Å². The molecule has 0 aliphatic heterocycles. The van der Waals surface area contributed by atoms with E-state index in [0.717, 1.165) is 0 Å². The lowest BCUT2D eigenvalue weighted by atomic mass is 10.1. The zero-order valence-electron chi connectivity index (χ0n) is 6.10. The fraction of sp³-hybridized carbons (Fsp3) is 0.667. The molecule has 0 bridgehead atoms. The molecule has 62 valence electrons. The van der Waals surface area contributed by atoms with Crippen molar-refractivity contribution in [2.75, 3.05) is 0 Å². The number of carbonyl (C=O) groups excluding carboxylic acids is 2. The molecule has 3 nitrogen and oxygen atoms in total. The molecule has 0 aromatic rings. The summed E-state index contributed by atoms with van der Waals surface area (Å²) >= 11 is 6.35. The van der Waals surface area contributed by atoms with E-state index in [2.05, 4.69) is 36.9 Å². The van der Waals surface area contributed by atoms with Crippen LogP contribution in [0.15, 0.2) is 4.99 Å². The van der Waals surface area contributed by atoms with E-state index < -0.39 is 15.1 Å². The van der Waals surface area contributed by atoms with Crippen LogP contribution in [0.4, 0.5) is 0 Å². The topological polar surface area (TPSA) is 46.5 Å². The van der Waals surface area contributed by atoms with Gasteiger partial charge in [-0.1, -0.05) is 31.9 Å². The summed E-state index contributed by atoms with van der Waals surface area (Å²) in [5.74, 6) is -0.526. The summed E-state index contributed by atoms with van der Waals surface area (Å²) in [6.07, 6.45) is 1.20. The van der Waals surface area contributed by atoms with Crippen molar-refractivity contribution >= 4 is 43.8 Å². The molecule has 0 saturated carbocycles. The average Bonchev–Trinajstić information content (AvgIpc) is 1.85. The summed E-state index contributed by atoms with van der Waals surface area (Å²) in [4.78, 5) is 23.0. The molecule has 0 aliphatic carbocycles. The Bertz CT molecular complexity index is 203. The number of halogens is 2. The van der Waals surface area contributed by atoms with E-state index in [4.69, 9.17) is 0 Å². The van der Waals surface area contributed by atoms with Gasteiger partial charge in [0.05, 0.1) is 0 Å². The van der Waals surface area contributed by atoms with Crippen molar-refractivity contribution in [3.05, 3.63) is 0 Å². The van der Waals surface area contributed by atoms with Crippen molar-refractivity contribution in [2.45, 2.75) is 23.0 Å². The van der Waals surface area contributed by atoms with Crippen molar-refractivity contribution in [3.63, 3.8) is 0 Å². The minimum absolute atomic E-state index is 0.412. The van der Waals surface area contributed by atoms with E-state index in [0.29, 0.717) is 0 Å². The Morgan fingerprint density at radius 1 is 1.64 bits per heavy atom. The van der Waals surface area contributed by atoms with Crippen LogP contribution in [0.25, 0.3) is 0 Å². The van der Waals surface area contributed by atoms with Crippen LogP contribution in [0.3, 0.4) is 0 Å². The second-order valence-electron chi connectivity index (χ2n) is 2.47. The fourth-order valence-electron chi connectivity index (χ4n) is 0.395. The first-order valence-corrected chi connectivity index (χ1v) is 4.55. The molecule has 0 aromatic carbocycles. The second-order valence-corrected chi connectivity index (χ2v) is 5.43. The van der Waals surface area contributed by atoms with Gasteiger partial charge in [0.15, 0.2) is 0 Å². The predicted octanol–water partition coefficient (Wildman–Crippen LogP) is 1.79. The van der Waals surface area contributed by atoms with Crippen LogP contribution in [-0.4, -0.2) is 21.1 Å². The first kappa shape index (κ1) is 11.0. The highest BCUT2D eigenvalue weighted by molar-refractivity contribution is 9.12. The smallest absolute Gasteiger partial charge is 0.270 e.